The smallest absolute Gasteiger partial charge is 0.297 e. The predicted octanol–water partition coefficient (Wildman–Crippen LogP) is 2.51. The summed E-state index contributed by atoms with van der Waals surface area (Å²) in [7, 11) is 2.05. The van der Waals surface area contributed by atoms with Crippen molar-refractivity contribution < 1.29 is 9.69 Å². The average molecular weight is 380 g/mol. The van der Waals surface area contributed by atoms with Crippen LogP contribution in [0.15, 0.2) is 59.7 Å². The van der Waals surface area contributed by atoms with Crippen molar-refractivity contribution in [1.29, 1.82) is 0 Å². The minimum atomic E-state index is 0.0615. The number of nitrogens with zero attached hydrogens (tertiary/aromatic N) is 3. The molecular formula is C21H23N4OS+. The Hall–Kier alpha value is -2.57. The third kappa shape index (κ3) is 3.77. The Morgan fingerprint density at radius 2 is 1.93 bits per heavy atom. The highest BCUT2D eigenvalue weighted by Crippen LogP contribution is 2.24. The van der Waals surface area contributed by atoms with Crippen molar-refractivity contribution in [2.45, 2.75) is 19.4 Å². The minimum absolute atomic E-state index is 0.0615. The number of para-hydroxylation sites is 1. The van der Waals surface area contributed by atoms with E-state index < -0.39 is 0 Å². The molecule has 0 aliphatic carbocycles. The van der Waals surface area contributed by atoms with E-state index in [-0.39, 0.29) is 11.9 Å². The number of nitrogens with one attached hydrogen (secondary N) is 1. The van der Waals surface area contributed by atoms with E-state index in [9.17, 15) is 4.79 Å². The van der Waals surface area contributed by atoms with Gasteiger partial charge in [-0.25, -0.2) is 9.99 Å². The fourth-order valence-electron chi connectivity index (χ4n) is 3.24. The highest BCUT2D eigenvalue weighted by molar-refractivity contribution is 7.18. The number of hydrogen-bond acceptors (Lipinski definition) is 4. The van der Waals surface area contributed by atoms with Crippen LogP contribution in [0.25, 0.3) is 10.2 Å². The van der Waals surface area contributed by atoms with Gasteiger partial charge in [-0.1, -0.05) is 42.5 Å². The van der Waals surface area contributed by atoms with Gasteiger partial charge in [-0.3, -0.25) is 4.79 Å². The highest BCUT2D eigenvalue weighted by Gasteiger charge is 2.27. The van der Waals surface area contributed by atoms with Crippen molar-refractivity contribution in [3.8, 4) is 0 Å². The van der Waals surface area contributed by atoms with E-state index in [2.05, 4.69) is 18.1 Å². The number of amides is 1. The van der Waals surface area contributed by atoms with Gasteiger partial charge in [0.15, 0.2) is 11.6 Å². The number of thiazole rings is 1. The number of quaternary nitrogens is 1. The largest absolute Gasteiger partial charge is 0.322 e. The number of carbonyl (C=O) groups excluding carboxylic acids is 1. The van der Waals surface area contributed by atoms with Gasteiger partial charge in [0.1, 0.15) is 6.04 Å². The zero-order valence-corrected chi connectivity index (χ0v) is 16.4. The van der Waals surface area contributed by atoms with E-state index in [0.29, 0.717) is 13.1 Å². The first kappa shape index (κ1) is 17.8. The van der Waals surface area contributed by atoms with Gasteiger partial charge in [0.25, 0.3) is 5.91 Å². The average Bonchev–Trinajstić information content (AvgIpc) is 3.35. The highest BCUT2D eigenvalue weighted by atomic mass is 32.1. The molecular weight excluding hydrogens is 356 g/mol. The third-order valence-corrected chi connectivity index (χ3v) is 6.27. The van der Waals surface area contributed by atoms with Gasteiger partial charge in [0.05, 0.1) is 29.5 Å². The molecule has 3 aromatic rings. The lowest BCUT2D eigenvalue weighted by molar-refractivity contribution is -0.902. The molecule has 6 heteroatoms. The fourth-order valence-corrected chi connectivity index (χ4v) is 4.35. The summed E-state index contributed by atoms with van der Waals surface area (Å²) < 4.78 is 1.19. The van der Waals surface area contributed by atoms with E-state index in [0.717, 1.165) is 33.1 Å². The second-order valence-electron chi connectivity index (χ2n) is 6.94. The molecule has 0 fully saturated rings. The number of carbonyl (C=O) groups is 1. The molecule has 5 nitrogen and oxygen atoms in total. The Kier molecular flexibility index (Phi) is 5.01. The van der Waals surface area contributed by atoms with E-state index in [1.165, 1.54) is 4.70 Å². The number of aromatic nitrogens is 1. The Balaban J connectivity index is 1.42. The van der Waals surface area contributed by atoms with Crippen molar-refractivity contribution in [3.05, 3.63) is 65.2 Å². The summed E-state index contributed by atoms with van der Waals surface area (Å²) in [5.74, 6) is 0.0615. The number of fused-ring (bicyclic) bond motifs is 1. The molecule has 1 aliphatic rings. The van der Waals surface area contributed by atoms with Crippen LogP contribution in [0.2, 0.25) is 0 Å². The molecule has 0 saturated carbocycles. The predicted molar refractivity (Wildman–Crippen MR) is 109 cm³/mol. The van der Waals surface area contributed by atoms with Crippen LogP contribution in [0, 0.1) is 0 Å². The summed E-state index contributed by atoms with van der Waals surface area (Å²) in [5, 5.41) is 7.24. The summed E-state index contributed by atoms with van der Waals surface area (Å²) in [5.41, 5.74) is 3.11. The Labute approximate surface area is 162 Å². The number of hydrazone groups is 1. The molecule has 1 unspecified atom stereocenters. The molecule has 27 heavy (non-hydrogen) atoms. The minimum Gasteiger partial charge on any atom is -0.322 e. The van der Waals surface area contributed by atoms with Crippen LogP contribution in [0.4, 0.5) is 0 Å². The maximum atomic E-state index is 12.7. The number of rotatable bonds is 5. The van der Waals surface area contributed by atoms with Gasteiger partial charge in [-0.15, -0.1) is 11.3 Å². The van der Waals surface area contributed by atoms with Gasteiger partial charge in [-0.2, -0.15) is 5.10 Å². The first-order valence-corrected chi connectivity index (χ1v) is 10.0. The Morgan fingerprint density at radius 1 is 1.19 bits per heavy atom. The summed E-state index contributed by atoms with van der Waals surface area (Å²) in [6, 6.07) is 18.4. The third-order valence-electron chi connectivity index (χ3n) is 5.05. The molecule has 2 aromatic carbocycles. The molecule has 138 valence electrons. The van der Waals surface area contributed by atoms with Crippen LogP contribution in [-0.2, 0) is 4.79 Å². The van der Waals surface area contributed by atoms with E-state index >= 15 is 0 Å². The normalized spacial score (nSPS) is 16.4. The maximum Gasteiger partial charge on any atom is 0.297 e. The van der Waals surface area contributed by atoms with Crippen LogP contribution in [0.5, 0.6) is 0 Å². The Morgan fingerprint density at radius 3 is 2.70 bits per heavy atom. The maximum absolute atomic E-state index is 12.7. The van der Waals surface area contributed by atoms with Crippen molar-refractivity contribution in [3.63, 3.8) is 0 Å². The second kappa shape index (κ2) is 7.58. The van der Waals surface area contributed by atoms with Crippen LogP contribution < -0.4 is 4.90 Å². The monoisotopic (exact) mass is 379 g/mol. The Bertz CT molecular complexity index is 949. The molecule has 1 amide bonds. The lowest BCUT2D eigenvalue weighted by atomic mass is 10.1. The summed E-state index contributed by atoms with van der Waals surface area (Å²) in [6.45, 7) is 3.19. The van der Waals surface area contributed by atoms with E-state index in [4.69, 9.17) is 4.98 Å². The van der Waals surface area contributed by atoms with Crippen LogP contribution >= 0.6 is 11.3 Å². The first-order valence-electron chi connectivity index (χ1n) is 9.23. The summed E-state index contributed by atoms with van der Waals surface area (Å²) >= 11 is 1.71. The molecule has 2 atom stereocenters. The van der Waals surface area contributed by atoms with Crippen molar-refractivity contribution in [2.75, 3.05) is 20.1 Å². The molecule has 4 rings (SSSR count). The number of hydrogen-bond donors (Lipinski definition) is 1. The summed E-state index contributed by atoms with van der Waals surface area (Å²) in [6.07, 6.45) is 0.808. The van der Waals surface area contributed by atoms with Crippen molar-refractivity contribution in [2.24, 2.45) is 5.10 Å². The molecule has 0 bridgehead atoms. The van der Waals surface area contributed by atoms with Crippen molar-refractivity contribution in [1.82, 2.24) is 9.99 Å². The van der Waals surface area contributed by atoms with Gasteiger partial charge in [-0.05, 0) is 24.6 Å². The summed E-state index contributed by atoms with van der Waals surface area (Å²) in [4.78, 5) is 18.6. The molecule has 0 radical (unpaired) electrons. The van der Waals surface area contributed by atoms with Gasteiger partial charge in [0, 0.05) is 6.42 Å². The van der Waals surface area contributed by atoms with Gasteiger partial charge in [0.2, 0.25) is 0 Å². The SMILES string of the molecule is C[C@H](c1nc2ccccc2s1)[NH+](C)CC(=O)N1CCC(c2ccccc2)=N1. The second-order valence-corrected chi connectivity index (χ2v) is 8.01. The van der Waals surface area contributed by atoms with Gasteiger partial charge < -0.3 is 4.90 Å². The lowest BCUT2D eigenvalue weighted by Crippen LogP contribution is -3.10. The van der Waals surface area contributed by atoms with E-state index in [1.807, 2.05) is 55.6 Å². The topological polar surface area (TPSA) is 50.0 Å². The quantitative estimate of drug-likeness (QED) is 0.741. The first-order chi connectivity index (χ1) is 13.1. The molecule has 1 aromatic heterocycles. The molecule has 0 saturated heterocycles. The molecule has 1 aliphatic heterocycles. The van der Waals surface area contributed by atoms with E-state index in [1.54, 1.807) is 16.3 Å². The fraction of sp³-hybridized carbons (Fsp3) is 0.286. The zero-order valence-electron chi connectivity index (χ0n) is 15.6. The van der Waals surface area contributed by atoms with Crippen LogP contribution in [0.1, 0.15) is 30.0 Å². The standard InChI is InChI=1S/C21H22N4OS/c1-15(21-22-18-10-6-7-11-19(18)27-21)24(2)14-20(26)25-13-12-17(23-25)16-8-4-3-5-9-16/h3-11,15H,12-14H2,1-2H3/p+1/t15-/m1/s1. The van der Waals surface area contributed by atoms with Crippen LogP contribution in [0.3, 0.4) is 0 Å². The molecule has 2 heterocycles. The zero-order chi connectivity index (χ0) is 18.8. The molecule has 0 spiro atoms. The lowest BCUT2D eigenvalue weighted by Gasteiger charge is -2.21. The van der Waals surface area contributed by atoms with Crippen LogP contribution in [-0.4, -0.2) is 41.7 Å². The van der Waals surface area contributed by atoms with Crippen molar-refractivity contribution >= 4 is 33.2 Å². The number of likely N-dealkylation sites (N-methyl/N-ethyl adjacent to an activating group) is 1. The van der Waals surface area contributed by atoms with Gasteiger partial charge >= 0.3 is 0 Å². The number of benzene rings is 2. The molecule has 1 N–H and O–H groups in total.